The fourth-order valence-corrected chi connectivity index (χ4v) is 0.996. The zero-order valence-electron chi connectivity index (χ0n) is 5.64. The van der Waals surface area contributed by atoms with Crippen LogP contribution in [0.25, 0.3) is 0 Å². The zero-order valence-corrected chi connectivity index (χ0v) is 7.22. The summed E-state index contributed by atoms with van der Waals surface area (Å²) in [4.78, 5) is 3.44. The molecule has 0 saturated heterocycles. The van der Waals surface area contributed by atoms with E-state index in [-0.39, 0.29) is 10.7 Å². The zero-order chi connectivity index (χ0) is 9.35. The number of hydrogen-bond donors (Lipinski definition) is 1. The molecule has 68 valence electrons. The van der Waals surface area contributed by atoms with Gasteiger partial charge in [-0.2, -0.15) is 18.2 Å². The van der Waals surface area contributed by atoms with Gasteiger partial charge in [-0.05, 0) is 15.9 Å². The van der Waals surface area contributed by atoms with Crippen LogP contribution in [-0.4, -0.2) is 20.9 Å². The van der Waals surface area contributed by atoms with Crippen molar-refractivity contribution in [2.75, 3.05) is 5.73 Å². The van der Waals surface area contributed by atoms with Gasteiger partial charge in [0, 0.05) is 0 Å². The molecule has 0 aliphatic heterocycles. The topological polar surface area (TPSA) is 56.7 Å². The van der Waals surface area contributed by atoms with Gasteiger partial charge in [0.25, 0.3) is 0 Å². The van der Waals surface area contributed by atoms with E-state index in [0.717, 1.165) is 0 Å². The van der Waals surface area contributed by atoms with Gasteiger partial charge in [0.2, 0.25) is 5.95 Å². The minimum absolute atomic E-state index is 0.0303. The summed E-state index contributed by atoms with van der Waals surface area (Å²) in [6.07, 6.45) is -4.32. The second kappa shape index (κ2) is 2.92. The van der Waals surface area contributed by atoms with Crippen molar-refractivity contribution in [2.45, 2.75) is 12.7 Å². The largest absolute Gasteiger partial charge is 0.408 e. The Bertz CT molecular complexity index is 280. The number of alkyl halides is 3. The number of nitrogen functional groups attached to an aromatic ring is 1. The van der Waals surface area contributed by atoms with E-state index in [4.69, 9.17) is 5.73 Å². The maximum absolute atomic E-state index is 11.8. The number of rotatable bonds is 1. The molecule has 1 rings (SSSR count). The monoisotopic (exact) mass is 244 g/mol. The summed E-state index contributed by atoms with van der Waals surface area (Å²) in [5.41, 5.74) is 5.06. The van der Waals surface area contributed by atoms with Crippen molar-refractivity contribution < 1.29 is 13.2 Å². The number of anilines is 1. The molecule has 1 aromatic heterocycles. The average Bonchev–Trinajstić information content (AvgIpc) is 2.06. The predicted molar refractivity (Wildman–Crippen MR) is 38.2 cm³/mol. The summed E-state index contributed by atoms with van der Waals surface area (Å²) in [5.74, 6) is -0.189. The highest BCUT2D eigenvalue weighted by Crippen LogP contribution is 2.19. The Morgan fingerprint density at radius 3 is 2.42 bits per heavy atom. The van der Waals surface area contributed by atoms with Gasteiger partial charge in [-0.25, -0.2) is 4.68 Å². The molecule has 0 fully saturated rings. The Kier molecular flexibility index (Phi) is 2.27. The van der Waals surface area contributed by atoms with Crippen molar-refractivity contribution in [2.24, 2.45) is 0 Å². The molecule has 0 bridgehead atoms. The predicted octanol–water partition coefficient (Wildman–Crippen LogP) is 1.19. The van der Waals surface area contributed by atoms with Crippen molar-refractivity contribution in [3.8, 4) is 0 Å². The normalized spacial score (nSPS) is 12.0. The first kappa shape index (κ1) is 9.30. The van der Waals surface area contributed by atoms with Crippen LogP contribution in [0.15, 0.2) is 4.73 Å². The summed E-state index contributed by atoms with van der Waals surface area (Å²) < 4.78 is 35.9. The van der Waals surface area contributed by atoms with E-state index in [0.29, 0.717) is 4.68 Å². The SMILES string of the molecule is Nc1nc(Br)n(CC(F)(F)F)n1. The van der Waals surface area contributed by atoms with Crippen LogP contribution in [0, 0.1) is 0 Å². The first-order chi connectivity index (χ1) is 5.38. The van der Waals surface area contributed by atoms with Gasteiger partial charge in [0.05, 0.1) is 0 Å². The third-order valence-corrected chi connectivity index (χ3v) is 1.56. The van der Waals surface area contributed by atoms with Gasteiger partial charge in [-0.3, -0.25) is 0 Å². The lowest BCUT2D eigenvalue weighted by molar-refractivity contribution is -0.143. The molecule has 4 nitrogen and oxygen atoms in total. The average molecular weight is 245 g/mol. The van der Waals surface area contributed by atoms with Gasteiger partial charge in [0.15, 0.2) is 4.73 Å². The fraction of sp³-hybridized carbons (Fsp3) is 0.500. The minimum Gasteiger partial charge on any atom is -0.366 e. The number of nitrogens with two attached hydrogens (primary N) is 1. The lowest BCUT2D eigenvalue weighted by Crippen LogP contribution is -2.18. The van der Waals surface area contributed by atoms with Crippen LogP contribution in [0.1, 0.15) is 0 Å². The van der Waals surface area contributed by atoms with Crippen LogP contribution >= 0.6 is 15.9 Å². The highest BCUT2D eigenvalue weighted by Gasteiger charge is 2.29. The molecule has 12 heavy (non-hydrogen) atoms. The van der Waals surface area contributed by atoms with Crippen molar-refractivity contribution in [1.82, 2.24) is 14.8 Å². The van der Waals surface area contributed by atoms with Crippen molar-refractivity contribution in [3.63, 3.8) is 0 Å². The van der Waals surface area contributed by atoms with Crippen molar-refractivity contribution in [1.29, 1.82) is 0 Å². The maximum Gasteiger partial charge on any atom is 0.408 e. The van der Waals surface area contributed by atoms with Crippen LogP contribution in [0.3, 0.4) is 0 Å². The van der Waals surface area contributed by atoms with E-state index in [1.807, 2.05) is 0 Å². The Morgan fingerprint density at radius 1 is 1.50 bits per heavy atom. The van der Waals surface area contributed by atoms with Gasteiger partial charge < -0.3 is 5.73 Å². The van der Waals surface area contributed by atoms with Gasteiger partial charge >= 0.3 is 6.18 Å². The van der Waals surface area contributed by atoms with Crippen molar-refractivity contribution >= 4 is 21.9 Å². The second-order valence-corrected chi connectivity index (χ2v) is 2.72. The van der Waals surface area contributed by atoms with Crippen LogP contribution in [0.4, 0.5) is 19.1 Å². The van der Waals surface area contributed by atoms with Crippen LogP contribution < -0.4 is 5.73 Å². The third kappa shape index (κ3) is 2.36. The molecular weight excluding hydrogens is 241 g/mol. The smallest absolute Gasteiger partial charge is 0.366 e. The molecule has 1 aromatic rings. The summed E-state index contributed by atoms with van der Waals surface area (Å²) in [5, 5.41) is 3.31. The van der Waals surface area contributed by atoms with E-state index in [2.05, 4.69) is 26.0 Å². The van der Waals surface area contributed by atoms with Gasteiger partial charge in [0.1, 0.15) is 6.54 Å². The highest BCUT2D eigenvalue weighted by molar-refractivity contribution is 9.10. The van der Waals surface area contributed by atoms with E-state index in [1.54, 1.807) is 0 Å². The highest BCUT2D eigenvalue weighted by atomic mass is 79.9. The molecule has 0 radical (unpaired) electrons. The lowest BCUT2D eigenvalue weighted by Gasteiger charge is -2.05. The summed E-state index contributed by atoms with van der Waals surface area (Å²) in [6.45, 7) is -1.20. The van der Waals surface area contributed by atoms with E-state index in [9.17, 15) is 13.2 Å². The van der Waals surface area contributed by atoms with Gasteiger partial charge in [-0.1, -0.05) is 0 Å². The van der Waals surface area contributed by atoms with Crippen LogP contribution in [0.2, 0.25) is 0 Å². The minimum atomic E-state index is -4.32. The number of hydrogen-bond acceptors (Lipinski definition) is 3. The Morgan fingerprint density at radius 2 is 2.08 bits per heavy atom. The first-order valence-corrected chi connectivity index (χ1v) is 3.60. The lowest BCUT2D eigenvalue weighted by atomic mass is 10.6. The summed E-state index contributed by atoms with van der Waals surface area (Å²) in [6, 6.07) is 0. The Balaban J connectivity index is 2.82. The first-order valence-electron chi connectivity index (χ1n) is 2.81. The third-order valence-electron chi connectivity index (χ3n) is 0.972. The molecule has 8 heteroatoms. The van der Waals surface area contributed by atoms with Crippen molar-refractivity contribution in [3.05, 3.63) is 4.73 Å². The molecule has 0 atom stereocenters. The summed E-state index contributed by atoms with van der Waals surface area (Å²) in [7, 11) is 0. The second-order valence-electron chi connectivity index (χ2n) is 2.01. The molecule has 0 aromatic carbocycles. The fourth-order valence-electron chi connectivity index (χ4n) is 0.610. The molecule has 0 saturated carbocycles. The van der Waals surface area contributed by atoms with E-state index in [1.165, 1.54) is 0 Å². The number of nitrogens with zero attached hydrogens (tertiary/aromatic N) is 3. The summed E-state index contributed by atoms with van der Waals surface area (Å²) >= 11 is 2.78. The molecule has 0 spiro atoms. The molecule has 0 aliphatic carbocycles. The maximum atomic E-state index is 11.8. The molecule has 2 N–H and O–H groups in total. The number of halogens is 4. The molecule has 0 unspecified atom stereocenters. The Hall–Kier alpha value is -0.790. The van der Waals surface area contributed by atoms with Gasteiger partial charge in [-0.15, -0.1) is 5.10 Å². The quantitative estimate of drug-likeness (QED) is 0.808. The van der Waals surface area contributed by atoms with Crippen LogP contribution in [0.5, 0.6) is 0 Å². The molecule has 1 heterocycles. The molecule has 0 aliphatic rings. The molecule has 0 amide bonds. The molecular formula is C4H4BrF3N4. The number of aromatic nitrogens is 3. The standard InChI is InChI=1S/C4H4BrF3N4/c5-2-10-3(9)11-12(2)1-4(6,7)8/h1H2,(H2,9,11). The van der Waals surface area contributed by atoms with Crippen LogP contribution in [-0.2, 0) is 6.54 Å². The van der Waals surface area contributed by atoms with E-state index < -0.39 is 12.7 Å². The Labute approximate surface area is 73.7 Å². The van der Waals surface area contributed by atoms with E-state index >= 15 is 0 Å².